The molecular weight excluding hydrogens is 234 g/mol. The monoisotopic (exact) mass is 243 g/mol. The second-order valence-electron chi connectivity index (χ2n) is 3.32. The van der Waals surface area contributed by atoms with E-state index in [1.807, 2.05) is 6.07 Å². The molecule has 0 aliphatic rings. The van der Waals surface area contributed by atoms with E-state index in [1.54, 1.807) is 0 Å². The Morgan fingerprint density at radius 3 is 2.94 bits per heavy atom. The van der Waals surface area contributed by atoms with Crippen molar-refractivity contribution in [2.24, 2.45) is 0 Å². The summed E-state index contributed by atoms with van der Waals surface area (Å²) in [6, 6.07) is 3.36. The highest BCUT2D eigenvalue weighted by Crippen LogP contribution is 2.20. The zero-order valence-corrected chi connectivity index (χ0v) is 9.49. The lowest BCUT2D eigenvalue weighted by Gasteiger charge is -2.09. The van der Waals surface area contributed by atoms with Crippen LogP contribution in [0.15, 0.2) is 24.7 Å². The van der Waals surface area contributed by atoms with Crippen LogP contribution in [0.4, 0.5) is 5.69 Å². The molecule has 0 saturated carbocycles. The molecule has 0 atom stereocenters. The van der Waals surface area contributed by atoms with Crippen LogP contribution >= 0.6 is 0 Å². The predicted octanol–water partition coefficient (Wildman–Crippen LogP) is 0.508. The van der Waals surface area contributed by atoms with Gasteiger partial charge in [-0.3, -0.25) is 4.57 Å². The van der Waals surface area contributed by atoms with E-state index in [4.69, 9.17) is 11.0 Å². The molecule has 0 unspecified atom stereocenters. The number of nitrogens with zero attached hydrogens (tertiary/aromatic N) is 4. The number of nitriles is 1. The molecule has 2 aromatic heterocycles. The lowest BCUT2D eigenvalue weighted by atomic mass is 10.2. The number of anilines is 1. The number of esters is 1. The second kappa shape index (κ2) is 4.55. The molecule has 2 aromatic rings. The van der Waals surface area contributed by atoms with Crippen LogP contribution in [-0.2, 0) is 4.74 Å². The Labute approximate surface area is 102 Å². The lowest BCUT2D eigenvalue weighted by molar-refractivity contribution is 0.0602. The molecule has 2 N–H and O–H groups in total. The Morgan fingerprint density at radius 2 is 2.28 bits per heavy atom. The quantitative estimate of drug-likeness (QED) is 0.770. The number of imidazole rings is 1. The number of methoxy groups -OCH3 is 1. The summed E-state index contributed by atoms with van der Waals surface area (Å²) in [5, 5.41) is 8.89. The van der Waals surface area contributed by atoms with E-state index < -0.39 is 5.97 Å². The van der Waals surface area contributed by atoms with E-state index in [0.29, 0.717) is 0 Å². The number of ether oxygens (including phenoxy) is 1. The molecule has 0 radical (unpaired) electrons. The molecule has 90 valence electrons. The van der Waals surface area contributed by atoms with Crippen LogP contribution in [-0.4, -0.2) is 27.6 Å². The summed E-state index contributed by atoms with van der Waals surface area (Å²) >= 11 is 0. The van der Waals surface area contributed by atoms with Gasteiger partial charge >= 0.3 is 5.97 Å². The Kier molecular flexibility index (Phi) is 2.93. The Bertz CT molecular complexity index is 641. The maximum absolute atomic E-state index is 11.5. The Morgan fingerprint density at radius 1 is 1.50 bits per heavy atom. The summed E-state index contributed by atoms with van der Waals surface area (Å²) in [5.41, 5.74) is 6.19. The molecular formula is C11H9N5O2. The van der Waals surface area contributed by atoms with Gasteiger partial charge in [0, 0.05) is 18.6 Å². The van der Waals surface area contributed by atoms with Gasteiger partial charge in [-0.05, 0) is 6.07 Å². The van der Waals surface area contributed by atoms with Crippen molar-refractivity contribution in [1.29, 1.82) is 5.26 Å². The third-order valence-electron chi connectivity index (χ3n) is 2.34. The summed E-state index contributed by atoms with van der Waals surface area (Å²) in [5.74, 6) is -0.155. The average molecular weight is 243 g/mol. The van der Waals surface area contributed by atoms with Crippen LogP contribution in [0.3, 0.4) is 0 Å². The number of rotatable bonds is 2. The van der Waals surface area contributed by atoms with Gasteiger partial charge in [0.25, 0.3) is 0 Å². The number of nitrogens with two attached hydrogens (primary N) is 1. The first-order valence-corrected chi connectivity index (χ1v) is 4.95. The topological polar surface area (TPSA) is 107 Å². The first-order chi connectivity index (χ1) is 8.69. The van der Waals surface area contributed by atoms with Crippen molar-refractivity contribution < 1.29 is 9.53 Å². The minimum absolute atomic E-state index is 0.135. The fourth-order valence-electron chi connectivity index (χ4n) is 1.50. The normalized spacial score (nSPS) is 9.78. The molecule has 2 rings (SSSR count). The highest BCUT2D eigenvalue weighted by Gasteiger charge is 2.16. The van der Waals surface area contributed by atoms with Crippen LogP contribution in [0.25, 0.3) is 5.82 Å². The molecule has 18 heavy (non-hydrogen) atoms. The number of hydrogen-bond acceptors (Lipinski definition) is 6. The third kappa shape index (κ3) is 1.76. The van der Waals surface area contributed by atoms with Crippen molar-refractivity contribution in [2.75, 3.05) is 12.8 Å². The fraction of sp³-hybridized carbons (Fsp3) is 0.0909. The molecule has 7 nitrogen and oxygen atoms in total. The number of nitrogen functional groups attached to an aromatic ring is 1. The maximum atomic E-state index is 11.5. The van der Waals surface area contributed by atoms with Crippen LogP contribution in [0, 0.1) is 11.3 Å². The van der Waals surface area contributed by atoms with Gasteiger partial charge < -0.3 is 10.5 Å². The van der Waals surface area contributed by atoms with Gasteiger partial charge in [0.05, 0.1) is 18.4 Å². The summed E-state index contributed by atoms with van der Waals surface area (Å²) in [7, 11) is 1.26. The van der Waals surface area contributed by atoms with Crippen LogP contribution < -0.4 is 5.73 Å². The van der Waals surface area contributed by atoms with Crippen LogP contribution in [0.5, 0.6) is 0 Å². The third-order valence-corrected chi connectivity index (χ3v) is 2.34. The minimum Gasteiger partial charge on any atom is -0.465 e. The number of pyridine rings is 1. The molecule has 0 saturated heterocycles. The minimum atomic E-state index is -0.560. The van der Waals surface area contributed by atoms with Crippen molar-refractivity contribution >= 4 is 11.7 Å². The highest BCUT2D eigenvalue weighted by molar-refractivity contribution is 5.96. The van der Waals surface area contributed by atoms with E-state index in [1.165, 1.54) is 36.3 Å². The maximum Gasteiger partial charge on any atom is 0.340 e. The van der Waals surface area contributed by atoms with Crippen LogP contribution in [0.2, 0.25) is 0 Å². The van der Waals surface area contributed by atoms with Gasteiger partial charge in [-0.1, -0.05) is 0 Å². The van der Waals surface area contributed by atoms with Crippen molar-refractivity contribution in [3.05, 3.63) is 36.0 Å². The molecule has 0 fully saturated rings. The molecule has 7 heteroatoms. The summed E-state index contributed by atoms with van der Waals surface area (Å²) < 4.78 is 6.01. The Hall–Kier alpha value is -2.88. The van der Waals surface area contributed by atoms with Gasteiger partial charge in [0.2, 0.25) is 5.82 Å². The summed E-state index contributed by atoms with van der Waals surface area (Å²) in [4.78, 5) is 19.4. The van der Waals surface area contributed by atoms with E-state index in [9.17, 15) is 4.79 Å². The number of hydrogen-bond donors (Lipinski definition) is 1. The second-order valence-corrected chi connectivity index (χ2v) is 3.32. The molecule has 0 amide bonds. The van der Waals surface area contributed by atoms with E-state index in [2.05, 4.69) is 14.7 Å². The van der Waals surface area contributed by atoms with Crippen LogP contribution in [0.1, 0.15) is 16.2 Å². The van der Waals surface area contributed by atoms with E-state index in [0.717, 1.165) is 0 Å². The fourth-order valence-corrected chi connectivity index (χ4v) is 1.50. The van der Waals surface area contributed by atoms with Gasteiger partial charge in [-0.25, -0.2) is 14.8 Å². The molecule has 0 spiro atoms. The Balaban J connectivity index is 2.60. The van der Waals surface area contributed by atoms with Gasteiger partial charge in [0.15, 0.2) is 5.82 Å². The SMILES string of the molecule is COC(=O)c1ccnc(-n2ccnc2C#N)c1N. The first-order valence-electron chi connectivity index (χ1n) is 4.95. The smallest absolute Gasteiger partial charge is 0.340 e. The summed E-state index contributed by atoms with van der Waals surface area (Å²) in [6.45, 7) is 0. The van der Waals surface area contributed by atoms with Crippen molar-refractivity contribution in [2.45, 2.75) is 0 Å². The zero-order chi connectivity index (χ0) is 13.1. The standard InChI is InChI=1S/C11H9N5O2/c1-18-11(17)7-2-3-15-10(9(7)13)16-5-4-14-8(16)6-12/h2-5H,13H2,1H3. The van der Waals surface area contributed by atoms with Gasteiger partial charge in [-0.2, -0.15) is 5.26 Å². The van der Waals surface area contributed by atoms with E-state index >= 15 is 0 Å². The predicted molar refractivity (Wildman–Crippen MR) is 61.8 cm³/mol. The largest absolute Gasteiger partial charge is 0.465 e. The number of carbonyl (C=O) groups is 1. The van der Waals surface area contributed by atoms with Gasteiger partial charge in [-0.15, -0.1) is 0 Å². The van der Waals surface area contributed by atoms with Crippen molar-refractivity contribution in [3.8, 4) is 11.9 Å². The lowest BCUT2D eigenvalue weighted by Crippen LogP contribution is -2.11. The average Bonchev–Trinajstić information content (AvgIpc) is 2.86. The van der Waals surface area contributed by atoms with Crippen molar-refractivity contribution in [1.82, 2.24) is 14.5 Å². The highest BCUT2D eigenvalue weighted by atomic mass is 16.5. The molecule has 2 heterocycles. The molecule has 0 bridgehead atoms. The molecule has 0 aliphatic heterocycles. The van der Waals surface area contributed by atoms with Gasteiger partial charge in [0.1, 0.15) is 6.07 Å². The first kappa shape index (κ1) is 11.6. The molecule has 0 aromatic carbocycles. The number of carbonyl (C=O) groups excluding carboxylic acids is 1. The summed E-state index contributed by atoms with van der Waals surface area (Å²) in [6.07, 6.45) is 4.40. The zero-order valence-electron chi connectivity index (χ0n) is 9.49. The molecule has 0 aliphatic carbocycles. The van der Waals surface area contributed by atoms with Crippen molar-refractivity contribution in [3.63, 3.8) is 0 Å². The van der Waals surface area contributed by atoms with E-state index in [-0.39, 0.29) is 22.9 Å². The number of aromatic nitrogens is 3.